The van der Waals surface area contributed by atoms with E-state index in [2.05, 4.69) is 31.4 Å². The fourth-order valence-corrected chi connectivity index (χ4v) is 3.18. The maximum absolute atomic E-state index is 12.2. The summed E-state index contributed by atoms with van der Waals surface area (Å²) in [7, 11) is 0. The number of hydrogen-bond acceptors (Lipinski definition) is 3. The summed E-state index contributed by atoms with van der Waals surface area (Å²) in [4.78, 5) is 12.2. The summed E-state index contributed by atoms with van der Waals surface area (Å²) in [5.74, 6) is 0.00211. The third kappa shape index (κ3) is 3.88. The molecule has 0 aliphatic heterocycles. The van der Waals surface area contributed by atoms with Gasteiger partial charge in [0.1, 0.15) is 0 Å². The minimum atomic E-state index is 0.00211. The number of benzene rings is 1. The molecule has 0 unspecified atom stereocenters. The van der Waals surface area contributed by atoms with Gasteiger partial charge in [-0.3, -0.25) is 9.48 Å². The number of hydrogen-bond donors (Lipinski definition) is 1. The topological polar surface area (TPSA) is 64.7 Å². The second-order valence-corrected chi connectivity index (χ2v) is 7.08. The van der Waals surface area contributed by atoms with Crippen LogP contribution in [0.1, 0.15) is 29.1 Å². The Morgan fingerprint density at radius 3 is 2.54 bits per heavy atom. The van der Waals surface area contributed by atoms with Crippen LogP contribution in [0.4, 0.5) is 0 Å². The number of halogens is 1. The maximum Gasteiger partial charge on any atom is 0.222 e. The minimum Gasteiger partial charge on any atom is -0.352 e. The molecule has 7 heteroatoms. The minimum absolute atomic E-state index is 0.00211. The van der Waals surface area contributed by atoms with Crippen molar-refractivity contribution < 1.29 is 4.79 Å². The van der Waals surface area contributed by atoms with Crippen LogP contribution in [-0.2, 0) is 17.9 Å². The summed E-state index contributed by atoms with van der Waals surface area (Å²) in [6.45, 7) is 7.01. The largest absolute Gasteiger partial charge is 0.352 e. The molecule has 1 aromatic carbocycles. The number of nitrogens with one attached hydrogen (secondary N) is 1. The van der Waals surface area contributed by atoms with Crippen molar-refractivity contribution in [2.24, 2.45) is 0 Å². The number of amides is 1. The number of rotatable bonds is 6. The van der Waals surface area contributed by atoms with E-state index in [1.54, 1.807) is 6.20 Å². The molecule has 0 radical (unpaired) electrons. The van der Waals surface area contributed by atoms with Crippen LogP contribution in [0.25, 0.3) is 5.69 Å². The summed E-state index contributed by atoms with van der Waals surface area (Å²) in [6.07, 6.45) is 2.14. The molecule has 0 saturated carbocycles. The number of aryl methyl sites for hydroxylation is 2. The lowest BCUT2D eigenvalue weighted by Gasteiger charge is -2.08. The van der Waals surface area contributed by atoms with Gasteiger partial charge in [0, 0.05) is 36.5 Å². The van der Waals surface area contributed by atoms with E-state index in [4.69, 9.17) is 0 Å². The van der Waals surface area contributed by atoms with Crippen molar-refractivity contribution in [3.8, 4) is 5.69 Å². The molecule has 6 nitrogen and oxygen atoms in total. The first-order valence-corrected chi connectivity index (χ1v) is 9.31. The molecule has 0 atom stereocenters. The van der Waals surface area contributed by atoms with Crippen LogP contribution in [0.2, 0.25) is 0 Å². The lowest BCUT2D eigenvalue weighted by atomic mass is 10.2. The first-order chi connectivity index (χ1) is 12.5. The van der Waals surface area contributed by atoms with E-state index < -0.39 is 0 Å². The molecule has 3 aromatic rings. The molecule has 0 aliphatic rings. The standard InChI is InChI=1S/C19H22BrN5O/c1-13-17(14(2)25(23-13)16-7-5-4-6-8-16)11-21-19(26)9-10-24-15(3)18(20)12-22-24/h4-8,12H,9-11H2,1-3H3,(H,21,26). The van der Waals surface area contributed by atoms with Gasteiger partial charge in [-0.05, 0) is 48.8 Å². The van der Waals surface area contributed by atoms with Crippen molar-refractivity contribution in [1.82, 2.24) is 24.9 Å². The van der Waals surface area contributed by atoms with Gasteiger partial charge in [-0.1, -0.05) is 18.2 Å². The molecule has 1 N–H and O–H groups in total. The fraction of sp³-hybridized carbons (Fsp3) is 0.316. The van der Waals surface area contributed by atoms with Gasteiger partial charge in [-0.25, -0.2) is 4.68 Å². The van der Waals surface area contributed by atoms with Crippen LogP contribution in [0, 0.1) is 20.8 Å². The molecule has 26 heavy (non-hydrogen) atoms. The Morgan fingerprint density at radius 2 is 1.88 bits per heavy atom. The van der Waals surface area contributed by atoms with E-state index >= 15 is 0 Å². The summed E-state index contributed by atoms with van der Waals surface area (Å²) >= 11 is 3.43. The zero-order valence-electron chi connectivity index (χ0n) is 15.2. The zero-order chi connectivity index (χ0) is 18.7. The predicted octanol–water partition coefficient (Wildman–Crippen LogP) is 3.46. The Balaban J connectivity index is 1.62. The van der Waals surface area contributed by atoms with Crippen molar-refractivity contribution in [1.29, 1.82) is 0 Å². The van der Waals surface area contributed by atoms with Crippen molar-refractivity contribution in [3.05, 3.63) is 63.6 Å². The van der Waals surface area contributed by atoms with Gasteiger partial charge < -0.3 is 5.32 Å². The lowest BCUT2D eigenvalue weighted by molar-refractivity contribution is -0.121. The van der Waals surface area contributed by atoms with E-state index in [1.807, 2.05) is 60.5 Å². The van der Waals surface area contributed by atoms with Crippen LogP contribution >= 0.6 is 15.9 Å². The molecule has 1 amide bonds. The Labute approximate surface area is 161 Å². The number of nitrogens with zero attached hydrogens (tertiary/aromatic N) is 4. The molecule has 2 heterocycles. The normalized spacial score (nSPS) is 10.9. The monoisotopic (exact) mass is 415 g/mol. The van der Waals surface area contributed by atoms with E-state index in [9.17, 15) is 4.79 Å². The van der Waals surface area contributed by atoms with Crippen LogP contribution in [0.3, 0.4) is 0 Å². The van der Waals surface area contributed by atoms with E-state index in [0.717, 1.165) is 32.8 Å². The number of para-hydroxylation sites is 1. The molecule has 0 aliphatic carbocycles. The fourth-order valence-electron chi connectivity index (χ4n) is 2.88. The third-order valence-electron chi connectivity index (χ3n) is 4.50. The second-order valence-electron chi connectivity index (χ2n) is 6.22. The molecular formula is C19H22BrN5O. The summed E-state index contributed by atoms with van der Waals surface area (Å²) in [5, 5.41) is 11.9. The van der Waals surface area contributed by atoms with Gasteiger partial charge in [-0.15, -0.1) is 0 Å². The van der Waals surface area contributed by atoms with Gasteiger partial charge in [0.2, 0.25) is 5.91 Å². The quantitative estimate of drug-likeness (QED) is 0.670. The van der Waals surface area contributed by atoms with Crippen molar-refractivity contribution in [2.45, 2.75) is 40.3 Å². The Bertz CT molecular complexity index is 914. The van der Waals surface area contributed by atoms with Gasteiger partial charge in [0.05, 0.1) is 22.1 Å². The van der Waals surface area contributed by atoms with Crippen LogP contribution in [-0.4, -0.2) is 25.5 Å². The highest BCUT2D eigenvalue weighted by molar-refractivity contribution is 9.10. The van der Waals surface area contributed by atoms with Gasteiger partial charge in [0.25, 0.3) is 0 Å². The van der Waals surface area contributed by atoms with Crippen molar-refractivity contribution in [3.63, 3.8) is 0 Å². The highest BCUT2D eigenvalue weighted by Crippen LogP contribution is 2.18. The Kier molecular flexibility index (Phi) is 5.56. The summed E-state index contributed by atoms with van der Waals surface area (Å²) in [5.41, 5.74) is 5.07. The number of aromatic nitrogens is 4. The average molecular weight is 416 g/mol. The molecule has 0 bridgehead atoms. The average Bonchev–Trinajstić information content (AvgIpc) is 3.11. The van der Waals surface area contributed by atoms with Crippen molar-refractivity contribution >= 4 is 21.8 Å². The highest BCUT2D eigenvalue weighted by atomic mass is 79.9. The third-order valence-corrected chi connectivity index (χ3v) is 5.28. The van der Waals surface area contributed by atoms with Gasteiger partial charge in [0.15, 0.2) is 0 Å². The highest BCUT2D eigenvalue weighted by Gasteiger charge is 2.14. The molecule has 0 spiro atoms. The molecule has 2 aromatic heterocycles. The van der Waals surface area contributed by atoms with Crippen LogP contribution in [0.5, 0.6) is 0 Å². The molecule has 0 saturated heterocycles. The van der Waals surface area contributed by atoms with E-state index in [1.165, 1.54) is 0 Å². The molecule has 3 rings (SSSR count). The number of carbonyl (C=O) groups excluding carboxylic acids is 1. The first kappa shape index (κ1) is 18.4. The first-order valence-electron chi connectivity index (χ1n) is 8.52. The predicted molar refractivity (Wildman–Crippen MR) is 104 cm³/mol. The summed E-state index contributed by atoms with van der Waals surface area (Å²) in [6, 6.07) is 10.0. The molecule has 0 fully saturated rings. The smallest absolute Gasteiger partial charge is 0.222 e. The Morgan fingerprint density at radius 1 is 1.15 bits per heavy atom. The maximum atomic E-state index is 12.2. The number of carbonyl (C=O) groups is 1. The van der Waals surface area contributed by atoms with Gasteiger partial charge in [-0.2, -0.15) is 10.2 Å². The van der Waals surface area contributed by atoms with Crippen molar-refractivity contribution in [2.75, 3.05) is 0 Å². The Hall–Kier alpha value is -2.41. The van der Waals surface area contributed by atoms with E-state index in [0.29, 0.717) is 19.5 Å². The van der Waals surface area contributed by atoms with E-state index in [-0.39, 0.29) is 5.91 Å². The van der Waals surface area contributed by atoms with Crippen LogP contribution in [0.15, 0.2) is 41.0 Å². The zero-order valence-corrected chi connectivity index (χ0v) is 16.7. The summed E-state index contributed by atoms with van der Waals surface area (Å²) < 4.78 is 4.70. The second kappa shape index (κ2) is 7.86. The van der Waals surface area contributed by atoms with Gasteiger partial charge >= 0.3 is 0 Å². The van der Waals surface area contributed by atoms with Crippen LogP contribution < -0.4 is 5.32 Å². The SMILES string of the molecule is Cc1nn(-c2ccccc2)c(C)c1CNC(=O)CCn1ncc(Br)c1C. The lowest BCUT2D eigenvalue weighted by Crippen LogP contribution is -2.24. The molecule has 136 valence electrons. The molecular weight excluding hydrogens is 394 g/mol.